The Balaban J connectivity index is 2.85. The molecule has 4 nitrogen and oxygen atoms in total. The maximum Gasteiger partial charge on any atom is 0.255 e. The highest BCUT2D eigenvalue weighted by molar-refractivity contribution is 5.94. The van der Waals surface area contributed by atoms with E-state index in [2.05, 4.69) is 25.8 Å². The minimum absolute atomic E-state index is 0.0253. The van der Waals surface area contributed by atoms with E-state index in [1.165, 1.54) is 0 Å². The molecule has 1 unspecified atom stereocenters. The third kappa shape index (κ3) is 4.22. The Bertz CT molecular complexity index is 427. The Morgan fingerprint density at radius 3 is 2.30 bits per heavy atom. The van der Waals surface area contributed by atoms with Crippen molar-refractivity contribution in [3.05, 3.63) is 23.9 Å². The van der Waals surface area contributed by atoms with Gasteiger partial charge in [0.1, 0.15) is 0 Å². The van der Waals surface area contributed by atoms with Crippen molar-refractivity contribution in [2.45, 2.75) is 53.7 Å². The highest BCUT2D eigenvalue weighted by atomic mass is 16.5. The summed E-state index contributed by atoms with van der Waals surface area (Å²) in [6.07, 6.45) is 1.67. The molecule has 0 aliphatic heterocycles. The van der Waals surface area contributed by atoms with Gasteiger partial charge in [-0.3, -0.25) is 4.79 Å². The van der Waals surface area contributed by atoms with Gasteiger partial charge in [-0.25, -0.2) is 4.98 Å². The van der Waals surface area contributed by atoms with Crippen molar-refractivity contribution in [1.82, 2.24) is 9.88 Å². The lowest BCUT2D eigenvalue weighted by molar-refractivity contribution is 0.0660. The third-order valence-corrected chi connectivity index (χ3v) is 3.40. The van der Waals surface area contributed by atoms with Crippen LogP contribution in [0.3, 0.4) is 0 Å². The number of aromatic nitrogens is 1. The van der Waals surface area contributed by atoms with Crippen LogP contribution in [0.25, 0.3) is 0 Å². The molecule has 1 aromatic heterocycles. The van der Waals surface area contributed by atoms with E-state index in [1.54, 1.807) is 18.3 Å². The minimum atomic E-state index is 0.0253. The predicted molar refractivity (Wildman–Crippen MR) is 81.0 cm³/mol. The van der Waals surface area contributed by atoms with Crippen LogP contribution in [0.5, 0.6) is 5.88 Å². The van der Waals surface area contributed by atoms with Crippen LogP contribution in [0.15, 0.2) is 18.3 Å². The van der Waals surface area contributed by atoms with Gasteiger partial charge in [0, 0.05) is 24.8 Å². The summed E-state index contributed by atoms with van der Waals surface area (Å²) in [5.74, 6) is 1.00. The molecule has 112 valence electrons. The molecule has 0 aliphatic rings. The molecule has 20 heavy (non-hydrogen) atoms. The molecule has 0 saturated carbocycles. The van der Waals surface area contributed by atoms with E-state index in [1.807, 2.05) is 25.7 Å². The number of hydrogen-bond acceptors (Lipinski definition) is 3. The monoisotopic (exact) mass is 278 g/mol. The first-order valence-electron chi connectivity index (χ1n) is 7.30. The van der Waals surface area contributed by atoms with Crippen LogP contribution < -0.4 is 4.74 Å². The molecular weight excluding hydrogens is 252 g/mol. The third-order valence-electron chi connectivity index (χ3n) is 3.40. The van der Waals surface area contributed by atoms with E-state index in [9.17, 15) is 4.79 Å². The molecule has 0 aliphatic carbocycles. The van der Waals surface area contributed by atoms with Gasteiger partial charge in [0.05, 0.1) is 11.7 Å². The van der Waals surface area contributed by atoms with Gasteiger partial charge in [-0.1, -0.05) is 13.8 Å². The summed E-state index contributed by atoms with van der Waals surface area (Å²) in [6, 6.07) is 3.74. The molecule has 1 heterocycles. The van der Waals surface area contributed by atoms with Crippen LogP contribution in [-0.2, 0) is 0 Å². The summed E-state index contributed by atoms with van der Waals surface area (Å²) in [5, 5.41) is 0. The quantitative estimate of drug-likeness (QED) is 0.801. The van der Waals surface area contributed by atoms with Crippen molar-refractivity contribution in [2.24, 2.45) is 5.92 Å². The summed E-state index contributed by atoms with van der Waals surface area (Å²) >= 11 is 0. The van der Waals surface area contributed by atoms with Gasteiger partial charge in [0.25, 0.3) is 5.91 Å². The van der Waals surface area contributed by atoms with E-state index in [0.717, 1.165) is 0 Å². The Morgan fingerprint density at radius 1 is 1.25 bits per heavy atom. The molecular formula is C16H26N2O2. The second-order valence-electron chi connectivity index (χ2n) is 5.63. The standard InChI is InChI=1S/C16H26N2O2/c1-7-18(13(6)11(2)3)16(19)14-8-9-15(17-10-14)20-12(4)5/h8-13H,7H2,1-6H3. The van der Waals surface area contributed by atoms with Crippen molar-refractivity contribution in [3.63, 3.8) is 0 Å². The largest absolute Gasteiger partial charge is 0.475 e. The Kier molecular flexibility index (Phi) is 5.99. The van der Waals surface area contributed by atoms with E-state index in [0.29, 0.717) is 23.9 Å². The van der Waals surface area contributed by atoms with Gasteiger partial charge in [-0.05, 0) is 39.7 Å². The summed E-state index contributed by atoms with van der Waals surface area (Å²) in [7, 11) is 0. The second kappa shape index (κ2) is 7.27. The van der Waals surface area contributed by atoms with Crippen molar-refractivity contribution in [2.75, 3.05) is 6.54 Å². The highest BCUT2D eigenvalue weighted by Crippen LogP contribution is 2.16. The minimum Gasteiger partial charge on any atom is -0.475 e. The molecule has 1 amide bonds. The molecule has 0 aromatic carbocycles. The summed E-state index contributed by atoms with van der Waals surface area (Å²) in [5.41, 5.74) is 0.607. The van der Waals surface area contributed by atoms with Crippen LogP contribution in [-0.4, -0.2) is 34.5 Å². The normalized spacial score (nSPS) is 12.6. The van der Waals surface area contributed by atoms with Crippen molar-refractivity contribution in [1.29, 1.82) is 0 Å². The number of carbonyl (C=O) groups is 1. The first-order valence-corrected chi connectivity index (χ1v) is 7.30. The summed E-state index contributed by atoms with van der Waals surface area (Å²) in [6.45, 7) is 12.9. The lowest BCUT2D eigenvalue weighted by Gasteiger charge is -2.30. The van der Waals surface area contributed by atoms with Crippen molar-refractivity contribution < 1.29 is 9.53 Å². The molecule has 0 bridgehead atoms. The summed E-state index contributed by atoms with van der Waals surface area (Å²) < 4.78 is 5.49. The van der Waals surface area contributed by atoms with Gasteiger partial charge in [-0.2, -0.15) is 0 Å². The zero-order chi connectivity index (χ0) is 15.3. The number of hydrogen-bond donors (Lipinski definition) is 0. The smallest absolute Gasteiger partial charge is 0.255 e. The SMILES string of the molecule is CCN(C(=O)c1ccc(OC(C)C)nc1)C(C)C(C)C. The molecule has 0 fully saturated rings. The topological polar surface area (TPSA) is 42.4 Å². The fourth-order valence-electron chi connectivity index (χ4n) is 1.96. The second-order valence-corrected chi connectivity index (χ2v) is 5.63. The first-order chi connectivity index (χ1) is 9.36. The van der Waals surface area contributed by atoms with Crippen LogP contribution in [0, 0.1) is 5.92 Å². The van der Waals surface area contributed by atoms with Crippen molar-refractivity contribution >= 4 is 5.91 Å². The lowest BCUT2D eigenvalue weighted by atomic mass is 10.0. The van der Waals surface area contributed by atoms with E-state index in [-0.39, 0.29) is 18.1 Å². The van der Waals surface area contributed by atoms with Gasteiger partial charge >= 0.3 is 0 Å². The molecule has 1 atom stereocenters. The Hall–Kier alpha value is -1.58. The molecule has 4 heteroatoms. The number of amides is 1. The molecule has 0 spiro atoms. The molecule has 0 N–H and O–H groups in total. The van der Waals surface area contributed by atoms with Crippen molar-refractivity contribution in [3.8, 4) is 5.88 Å². The van der Waals surface area contributed by atoms with Gasteiger partial charge < -0.3 is 9.64 Å². The highest BCUT2D eigenvalue weighted by Gasteiger charge is 2.22. The van der Waals surface area contributed by atoms with Crippen LogP contribution in [0.4, 0.5) is 0 Å². The Morgan fingerprint density at radius 2 is 1.90 bits per heavy atom. The molecule has 1 aromatic rings. The first kappa shape index (κ1) is 16.5. The maximum absolute atomic E-state index is 12.5. The van der Waals surface area contributed by atoms with Crippen LogP contribution in [0.2, 0.25) is 0 Å². The zero-order valence-electron chi connectivity index (χ0n) is 13.4. The van der Waals surface area contributed by atoms with E-state index < -0.39 is 0 Å². The number of ether oxygens (including phenoxy) is 1. The lowest BCUT2D eigenvalue weighted by Crippen LogP contribution is -2.41. The van der Waals surface area contributed by atoms with Crippen LogP contribution >= 0.6 is 0 Å². The fraction of sp³-hybridized carbons (Fsp3) is 0.625. The molecule has 1 rings (SSSR count). The van der Waals surface area contributed by atoms with Crippen LogP contribution in [0.1, 0.15) is 51.9 Å². The van der Waals surface area contributed by atoms with E-state index >= 15 is 0 Å². The zero-order valence-corrected chi connectivity index (χ0v) is 13.4. The Labute approximate surface area is 122 Å². The van der Waals surface area contributed by atoms with Gasteiger partial charge in [0.15, 0.2) is 0 Å². The molecule has 0 saturated heterocycles. The van der Waals surface area contributed by atoms with E-state index in [4.69, 9.17) is 4.74 Å². The molecule has 0 radical (unpaired) electrons. The summed E-state index contributed by atoms with van der Waals surface area (Å²) in [4.78, 5) is 18.6. The average molecular weight is 278 g/mol. The number of rotatable bonds is 6. The number of carbonyl (C=O) groups excluding carboxylic acids is 1. The number of pyridine rings is 1. The number of nitrogens with zero attached hydrogens (tertiary/aromatic N) is 2. The predicted octanol–water partition coefficient (Wildman–Crippen LogP) is 3.38. The van der Waals surface area contributed by atoms with Gasteiger partial charge in [-0.15, -0.1) is 0 Å². The van der Waals surface area contributed by atoms with Gasteiger partial charge in [0.2, 0.25) is 5.88 Å². The average Bonchev–Trinajstić information content (AvgIpc) is 2.39. The fourth-order valence-corrected chi connectivity index (χ4v) is 1.96. The maximum atomic E-state index is 12.5.